The van der Waals surface area contributed by atoms with Crippen molar-refractivity contribution in [1.29, 1.82) is 0 Å². The van der Waals surface area contributed by atoms with Gasteiger partial charge in [0.1, 0.15) is 12.1 Å². The van der Waals surface area contributed by atoms with E-state index in [2.05, 4.69) is 39.2 Å². The Hall–Kier alpha value is -3.21. The number of hydrogen-bond donors (Lipinski definition) is 1. The van der Waals surface area contributed by atoms with Crippen LogP contribution in [-0.4, -0.2) is 29.0 Å². The number of nitrogens with one attached hydrogen (secondary N) is 1. The summed E-state index contributed by atoms with van der Waals surface area (Å²) in [6, 6.07) is 17.8. The second-order valence-corrected chi connectivity index (χ2v) is 7.20. The third kappa shape index (κ3) is 4.19. The molecule has 4 rings (SSSR count). The lowest BCUT2D eigenvalue weighted by atomic mass is 10.1. The Balaban J connectivity index is 1.48. The van der Waals surface area contributed by atoms with Crippen molar-refractivity contribution < 1.29 is 4.79 Å². The smallest absolute Gasteiger partial charge is 0.251 e. The maximum absolute atomic E-state index is 12.6. The number of amides is 1. The molecule has 0 aliphatic carbocycles. The Morgan fingerprint density at radius 3 is 2.61 bits per heavy atom. The highest BCUT2D eigenvalue weighted by Gasteiger charge is 2.15. The molecule has 0 unspecified atom stereocenters. The van der Waals surface area contributed by atoms with Crippen molar-refractivity contribution in [1.82, 2.24) is 15.3 Å². The van der Waals surface area contributed by atoms with Gasteiger partial charge in [0, 0.05) is 36.8 Å². The number of nitrogens with zero attached hydrogens (tertiary/aromatic N) is 3. The number of rotatable bonds is 5. The minimum atomic E-state index is -0.0868. The number of benzene rings is 2. The van der Waals surface area contributed by atoms with Crippen molar-refractivity contribution in [2.24, 2.45) is 0 Å². The van der Waals surface area contributed by atoms with E-state index in [1.54, 1.807) is 6.33 Å². The van der Waals surface area contributed by atoms with E-state index in [0.29, 0.717) is 12.1 Å². The van der Waals surface area contributed by atoms with Gasteiger partial charge >= 0.3 is 0 Å². The predicted octanol–water partition coefficient (Wildman–Crippen LogP) is 3.98. The molecular formula is C23H24N4O. The molecular weight excluding hydrogens is 348 g/mol. The average Bonchev–Trinajstić information content (AvgIpc) is 3.28. The molecule has 0 spiro atoms. The number of aromatic nitrogens is 2. The number of aryl methyl sites for hydroxylation is 1. The van der Waals surface area contributed by atoms with Crippen LogP contribution in [0, 0.1) is 6.92 Å². The molecule has 0 bridgehead atoms. The summed E-state index contributed by atoms with van der Waals surface area (Å²) in [5, 5.41) is 2.99. The molecule has 1 saturated heterocycles. The summed E-state index contributed by atoms with van der Waals surface area (Å²) in [6.45, 7) is 4.64. The molecule has 5 heteroatoms. The monoisotopic (exact) mass is 372 g/mol. The quantitative estimate of drug-likeness (QED) is 0.736. The van der Waals surface area contributed by atoms with E-state index in [0.717, 1.165) is 35.7 Å². The van der Waals surface area contributed by atoms with Crippen LogP contribution in [0.2, 0.25) is 0 Å². The van der Waals surface area contributed by atoms with E-state index >= 15 is 0 Å². The van der Waals surface area contributed by atoms with E-state index < -0.39 is 0 Å². The minimum absolute atomic E-state index is 0.0868. The van der Waals surface area contributed by atoms with Gasteiger partial charge in [-0.3, -0.25) is 4.79 Å². The summed E-state index contributed by atoms with van der Waals surface area (Å²) >= 11 is 0. The summed E-state index contributed by atoms with van der Waals surface area (Å²) < 4.78 is 0. The van der Waals surface area contributed by atoms with Crippen LogP contribution in [0.25, 0.3) is 11.3 Å². The lowest BCUT2D eigenvalue weighted by Crippen LogP contribution is -2.22. The maximum Gasteiger partial charge on any atom is 0.251 e. The van der Waals surface area contributed by atoms with Gasteiger partial charge in [0.2, 0.25) is 0 Å². The largest absolute Gasteiger partial charge is 0.357 e. The Morgan fingerprint density at radius 1 is 1.04 bits per heavy atom. The molecule has 3 aromatic rings. The number of carbonyl (C=O) groups excluding carboxylic acids is 1. The Kier molecular flexibility index (Phi) is 5.33. The highest BCUT2D eigenvalue weighted by Crippen LogP contribution is 2.24. The fourth-order valence-electron chi connectivity index (χ4n) is 3.43. The zero-order chi connectivity index (χ0) is 19.3. The van der Waals surface area contributed by atoms with Crippen molar-refractivity contribution in [2.75, 3.05) is 18.0 Å². The predicted molar refractivity (Wildman–Crippen MR) is 111 cm³/mol. The van der Waals surface area contributed by atoms with Crippen LogP contribution in [0.15, 0.2) is 60.9 Å². The van der Waals surface area contributed by atoms with E-state index in [9.17, 15) is 4.79 Å². The minimum Gasteiger partial charge on any atom is -0.357 e. The van der Waals surface area contributed by atoms with Crippen LogP contribution < -0.4 is 10.2 Å². The Bertz CT molecular complexity index is 962. The van der Waals surface area contributed by atoms with Crippen LogP contribution in [0.1, 0.15) is 34.3 Å². The summed E-state index contributed by atoms with van der Waals surface area (Å²) in [7, 11) is 0. The molecule has 0 atom stereocenters. The molecule has 1 aromatic heterocycles. The first-order valence-corrected chi connectivity index (χ1v) is 9.70. The normalized spacial score (nSPS) is 13.5. The van der Waals surface area contributed by atoms with E-state index in [1.165, 1.54) is 18.4 Å². The zero-order valence-electron chi connectivity index (χ0n) is 16.1. The molecule has 142 valence electrons. The first-order valence-electron chi connectivity index (χ1n) is 9.70. The van der Waals surface area contributed by atoms with Crippen LogP contribution in [-0.2, 0) is 6.54 Å². The van der Waals surface area contributed by atoms with Gasteiger partial charge in [-0.1, -0.05) is 42.0 Å². The molecule has 1 aliphatic rings. The second-order valence-electron chi connectivity index (χ2n) is 7.20. The second kappa shape index (κ2) is 8.21. The SMILES string of the molecule is Cc1ccc(CNC(=O)c2cccc(-c3cc(N4CCCC4)ncn3)c2)cc1. The van der Waals surface area contributed by atoms with Crippen molar-refractivity contribution in [2.45, 2.75) is 26.3 Å². The lowest BCUT2D eigenvalue weighted by molar-refractivity contribution is 0.0951. The average molecular weight is 372 g/mol. The van der Waals surface area contributed by atoms with E-state index in [-0.39, 0.29) is 5.91 Å². The summed E-state index contributed by atoms with van der Waals surface area (Å²) in [6.07, 6.45) is 4.01. The standard InChI is InChI=1S/C23H24N4O/c1-17-7-9-18(10-8-17)15-24-23(28)20-6-4-5-19(13-20)21-14-22(26-16-25-21)27-11-2-3-12-27/h4-10,13-14,16H,2-3,11-12,15H2,1H3,(H,24,28). The summed E-state index contributed by atoms with van der Waals surface area (Å²) in [5.74, 6) is 0.868. The van der Waals surface area contributed by atoms with E-state index in [4.69, 9.17) is 0 Å². The number of anilines is 1. The molecule has 1 aliphatic heterocycles. The van der Waals surface area contributed by atoms with Gasteiger partial charge in [0.15, 0.2) is 0 Å². The Morgan fingerprint density at radius 2 is 1.82 bits per heavy atom. The van der Waals surface area contributed by atoms with Crippen LogP contribution in [0.4, 0.5) is 5.82 Å². The Labute approximate surface area is 165 Å². The summed E-state index contributed by atoms with van der Waals surface area (Å²) in [5.41, 5.74) is 4.68. The number of hydrogen-bond acceptors (Lipinski definition) is 4. The van der Waals surface area contributed by atoms with Gasteiger partial charge in [-0.25, -0.2) is 9.97 Å². The molecule has 2 heterocycles. The molecule has 0 radical (unpaired) electrons. The molecule has 0 saturated carbocycles. The number of carbonyl (C=O) groups is 1. The third-order valence-corrected chi connectivity index (χ3v) is 5.08. The zero-order valence-corrected chi connectivity index (χ0v) is 16.1. The lowest BCUT2D eigenvalue weighted by Gasteiger charge is -2.16. The molecule has 1 fully saturated rings. The summed E-state index contributed by atoms with van der Waals surface area (Å²) in [4.78, 5) is 23.7. The molecule has 28 heavy (non-hydrogen) atoms. The van der Waals surface area contributed by atoms with Crippen LogP contribution in [0.3, 0.4) is 0 Å². The molecule has 5 nitrogen and oxygen atoms in total. The van der Waals surface area contributed by atoms with Crippen LogP contribution in [0.5, 0.6) is 0 Å². The van der Waals surface area contributed by atoms with Gasteiger partial charge in [0.25, 0.3) is 5.91 Å². The molecule has 2 aromatic carbocycles. The van der Waals surface area contributed by atoms with Crippen molar-refractivity contribution in [3.63, 3.8) is 0 Å². The van der Waals surface area contributed by atoms with Crippen molar-refractivity contribution in [3.05, 3.63) is 77.6 Å². The van der Waals surface area contributed by atoms with Crippen LogP contribution >= 0.6 is 0 Å². The van der Waals surface area contributed by atoms with Gasteiger partial charge in [-0.2, -0.15) is 0 Å². The van der Waals surface area contributed by atoms with E-state index in [1.807, 2.05) is 42.5 Å². The van der Waals surface area contributed by atoms with Gasteiger partial charge in [-0.15, -0.1) is 0 Å². The van der Waals surface area contributed by atoms with Gasteiger partial charge in [0.05, 0.1) is 5.69 Å². The van der Waals surface area contributed by atoms with Crippen molar-refractivity contribution in [3.8, 4) is 11.3 Å². The topological polar surface area (TPSA) is 58.1 Å². The van der Waals surface area contributed by atoms with Gasteiger partial charge in [-0.05, 0) is 37.5 Å². The third-order valence-electron chi connectivity index (χ3n) is 5.08. The van der Waals surface area contributed by atoms with Crippen molar-refractivity contribution >= 4 is 11.7 Å². The van der Waals surface area contributed by atoms with Gasteiger partial charge < -0.3 is 10.2 Å². The maximum atomic E-state index is 12.6. The fourth-order valence-corrected chi connectivity index (χ4v) is 3.43. The fraction of sp³-hybridized carbons (Fsp3) is 0.261. The first-order chi connectivity index (χ1) is 13.7. The first kappa shape index (κ1) is 18.2. The molecule has 1 amide bonds. The highest BCUT2D eigenvalue weighted by atomic mass is 16.1. The molecule has 1 N–H and O–H groups in total. The highest BCUT2D eigenvalue weighted by molar-refractivity contribution is 5.95.